The Hall–Kier alpha value is -0.850. The third-order valence-corrected chi connectivity index (χ3v) is 1.08. The lowest BCUT2D eigenvalue weighted by molar-refractivity contribution is 0.720. The second kappa shape index (κ2) is 2.46. The quantitative estimate of drug-likeness (QED) is 0.486. The molecule has 0 nitrogen and oxygen atoms in total. The first kappa shape index (κ1) is 5.29. The minimum atomic E-state index is 0.568. The van der Waals surface area contributed by atoms with Gasteiger partial charge in [-0.3, -0.25) is 0 Å². The van der Waals surface area contributed by atoms with Crippen LogP contribution in [-0.2, 0) is 0 Å². The Kier molecular flexibility index (Phi) is 1.62. The molecule has 1 heteroatoms. The highest BCUT2D eigenvalue weighted by Crippen LogP contribution is 2.10. The first-order chi connectivity index (χ1) is 3.93. The van der Waals surface area contributed by atoms with Crippen LogP contribution in [0.15, 0.2) is 36.2 Å². The molecule has 42 valence electrons. The van der Waals surface area contributed by atoms with Crippen molar-refractivity contribution in [3.8, 4) is 0 Å². The molecule has 0 N–H and O–H groups in total. The molecular weight excluding hydrogens is 103 g/mol. The number of halogens is 1. The van der Waals surface area contributed by atoms with Gasteiger partial charge in [0, 0.05) is 0 Å². The molecule has 0 fully saturated rings. The summed E-state index contributed by atoms with van der Waals surface area (Å²) in [7, 11) is 0. The average molecular weight is 110 g/mol. The molecule has 0 heterocycles. The fourth-order valence-corrected chi connectivity index (χ4v) is 0.668. The largest absolute Gasteiger partial charge is 0.216 e. The Morgan fingerprint density at radius 2 is 2.50 bits per heavy atom. The fraction of sp³-hybridized carbons (Fsp3) is 0.143. The number of hydrogen-bond donors (Lipinski definition) is 0. The van der Waals surface area contributed by atoms with E-state index in [1.54, 1.807) is 0 Å². The molecule has 0 spiro atoms. The molecule has 0 atom stereocenters. The summed E-state index contributed by atoms with van der Waals surface area (Å²) in [6, 6.07) is 0. The topological polar surface area (TPSA) is 0 Å². The molecule has 0 unspecified atom stereocenters. The minimum absolute atomic E-state index is 0.568. The molecule has 1 rings (SSSR count). The van der Waals surface area contributed by atoms with Crippen molar-refractivity contribution >= 4 is 0 Å². The van der Waals surface area contributed by atoms with Gasteiger partial charge >= 0.3 is 0 Å². The van der Waals surface area contributed by atoms with Gasteiger partial charge in [-0.15, -0.1) is 0 Å². The molecule has 0 saturated carbocycles. The highest BCUT2D eigenvalue weighted by Gasteiger charge is 1.91. The highest BCUT2D eigenvalue weighted by atomic mass is 19.1. The van der Waals surface area contributed by atoms with Crippen LogP contribution in [0.1, 0.15) is 6.42 Å². The van der Waals surface area contributed by atoms with Crippen LogP contribution in [0.4, 0.5) is 4.39 Å². The smallest absolute Gasteiger partial charge is 0.0869 e. The van der Waals surface area contributed by atoms with Crippen LogP contribution in [0.2, 0.25) is 0 Å². The molecule has 1 aliphatic rings. The molecule has 1 aliphatic carbocycles. The highest BCUT2D eigenvalue weighted by molar-refractivity contribution is 5.30. The van der Waals surface area contributed by atoms with Crippen LogP contribution < -0.4 is 0 Å². The van der Waals surface area contributed by atoms with Crippen molar-refractivity contribution in [2.45, 2.75) is 6.42 Å². The van der Waals surface area contributed by atoms with Gasteiger partial charge in [-0.05, 0) is 18.1 Å². The molecule has 0 bridgehead atoms. The van der Waals surface area contributed by atoms with Gasteiger partial charge in [0.2, 0.25) is 0 Å². The van der Waals surface area contributed by atoms with Crippen molar-refractivity contribution in [1.29, 1.82) is 0 Å². The summed E-state index contributed by atoms with van der Waals surface area (Å²) in [5, 5.41) is 0. The van der Waals surface area contributed by atoms with Crippen LogP contribution in [0.5, 0.6) is 0 Å². The maximum atomic E-state index is 11.4. The van der Waals surface area contributed by atoms with Crippen LogP contribution >= 0.6 is 0 Å². The van der Waals surface area contributed by atoms with Crippen LogP contribution in [0.25, 0.3) is 0 Å². The third-order valence-electron chi connectivity index (χ3n) is 1.08. The molecular formula is C7H7F. The van der Waals surface area contributed by atoms with Crippen molar-refractivity contribution < 1.29 is 4.39 Å². The molecule has 0 amide bonds. The van der Waals surface area contributed by atoms with Gasteiger partial charge in [0.1, 0.15) is 0 Å². The van der Waals surface area contributed by atoms with Crippen LogP contribution in [0, 0.1) is 0 Å². The van der Waals surface area contributed by atoms with E-state index < -0.39 is 0 Å². The summed E-state index contributed by atoms with van der Waals surface area (Å²) in [6.45, 7) is 0. The van der Waals surface area contributed by atoms with E-state index in [1.165, 1.54) is 6.08 Å². The Bertz CT molecular complexity index is 152. The van der Waals surface area contributed by atoms with Gasteiger partial charge in [-0.1, -0.05) is 18.2 Å². The van der Waals surface area contributed by atoms with Crippen LogP contribution in [-0.4, -0.2) is 0 Å². The van der Waals surface area contributed by atoms with Crippen molar-refractivity contribution in [2.24, 2.45) is 0 Å². The lowest BCUT2D eigenvalue weighted by Crippen LogP contribution is -1.64. The molecule has 0 radical (unpaired) electrons. The first-order valence-electron chi connectivity index (χ1n) is 2.56. The number of hydrogen-bond acceptors (Lipinski definition) is 0. The summed E-state index contributed by atoms with van der Waals surface area (Å²) >= 11 is 0. The van der Waals surface area contributed by atoms with E-state index in [2.05, 4.69) is 0 Å². The Balaban J connectivity index is 2.51. The lowest BCUT2D eigenvalue weighted by Gasteiger charge is -1.83. The zero-order valence-corrected chi connectivity index (χ0v) is 4.47. The Morgan fingerprint density at radius 3 is 3.00 bits per heavy atom. The normalized spacial score (nSPS) is 17.9. The van der Waals surface area contributed by atoms with E-state index in [-0.39, 0.29) is 0 Å². The molecule has 0 aliphatic heterocycles. The van der Waals surface area contributed by atoms with E-state index in [0.29, 0.717) is 6.33 Å². The van der Waals surface area contributed by atoms with Crippen molar-refractivity contribution in [3.05, 3.63) is 36.2 Å². The predicted octanol–water partition coefficient (Wildman–Crippen LogP) is 2.36. The second-order valence-corrected chi connectivity index (χ2v) is 1.67. The van der Waals surface area contributed by atoms with E-state index in [0.717, 1.165) is 12.0 Å². The maximum absolute atomic E-state index is 11.4. The van der Waals surface area contributed by atoms with Gasteiger partial charge in [-0.25, -0.2) is 4.39 Å². The van der Waals surface area contributed by atoms with Gasteiger partial charge in [0.05, 0.1) is 6.33 Å². The maximum Gasteiger partial charge on any atom is 0.0869 e. The fourth-order valence-electron chi connectivity index (χ4n) is 0.668. The van der Waals surface area contributed by atoms with E-state index >= 15 is 0 Å². The molecule has 0 aromatic rings. The summed E-state index contributed by atoms with van der Waals surface area (Å²) in [5.74, 6) is 0. The third kappa shape index (κ3) is 1.06. The molecule has 0 aromatic carbocycles. The number of allylic oxidation sites excluding steroid dienone is 5. The van der Waals surface area contributed by atoms with Crippen molar-refractivity contribution in [1.82, 2.24) is 0 Å². The zero-order chi connectivity index (χ0) is 5.82. The molecule has 8 heavy (non-hydrogen) atoms. The second-order valence-electron chi connectivity index (χ2n) is 1.67. The number of rotatable bonds is 1. The zero-order valence-electron chi connectivity index (χ0n) is 4.47. The first-order valence-corrected chi connectivity index (χ1v) is 2.56. The van der Waals surface area contributed by atoms with Gasteiger partial charge in [0.25, 0.3) is 0 Å². The van der Waals surface area contributed by atoms with Gasteiger partial charge < -0.3 is 0 Å². The van der Waals surface area contributed by atoms with Crippen molar-refractivity contribution in [3.63, 3.8) is 0 Å². The van der Waals surface area contributed by atoms with E-state index in [4.69, 9.17) is 0 Å². The standard InChI is InChI=1S/C7H7F/c8-6-5-7-3-1-2-4-7/h1-3,5-6H,4H2. The van der Waals surface area contributed by atoms with E-state index in [1.807, 2.05) is 18.2 Å². The van der Waals surface area contributed by atoms with Crippen molar-refractivity contribution in [2.75, 3.05) is 0 Å². The van der Waals surface area contributed by atoms with Crippen LogP contribution in [0.3, 0.4) is 0 Å². The van der Waals surface area contributed by atoms with E-state index in [9.17, 15) is 4.39 Å². The average Bonchev–Trinajstić information content (AvgIpc) is 2.19. The summed E-state index contributed by atoms with van der Waals surface area (Å²) in [5.41, 5.74) is 1.03. The molecule has 0 aromatic heterocycles. The van der Waals surface area contributed by atoms with Gasteiger partial charge in [-0.2, -0.15) is 0 Å². The Morgan fingerprint density at radius 1 is 1.62 bits per heavy atom. The SMILES string of the molecule is FC=CC1=CC=CC1. The molecule has 0 saturated heterocycles. The summed E-state index contributed by atoms with van der Waals surface area (Å²) < 4.78 is 11.4. The van der Waals surface area contributed by atoms with Gasteiger partial charge in [0.15, 0.2) is 0 Å². The Labute approximate surface area is 48.0 Å². The summed E-state index contributed by atoms with van der Waals surface area (Å²) in [6.07, 6.45) is 8.74. The predicted molar refractivity (Wildman–Crippen MR) is 32.1 cm³/mol. The monoisotopic (exact) mass is 110 g/mol. The minimum Gasteiger partial charge on any atom is -0.216 e. The summed E-state index contributed by atoms with van der Waals surface area (Å²) in [4.78, 5) is 0. The lowest BCUT2D eigenvalue weighted by atomic mass is 10.2.